The third-order valence-corrected chi connectivity index (χ3v) is 5.32. The van der Waals surface area contributed by atoms with Crippen LogP contribution in [0.4, 0.5) is 26.3 Å². The van der Waals surface area contributed by atoms with Gasteiger partial charge < -0.3 is 15.1 Å². The summed E-state index contributed by atoms with van der Waals surface area (Å²) >= 11 is 0. The molecule has 3 rings (SSSR count). The van der Waals surface area contributed by atoms with Gasteiger partial charge in [0.2, 0.25) is 0 Å². The third kappa shape index (κ3) is 10.7. The van der Waals surface area contributed by atoms with Crippen molar-refractivity contribution in [1.29, 1.82) is 0 Å². The number of rotatable bonds is 7. The molecule has 0 radical (unpaired) electrons. The molecule has 1 aliphatic carbocycles. The van der Waals surface area contributed by atoms with E-state index in [9.17, 15) is 26.3 Å². The maximum absolute atomic E-state index is 10.6. The van der Waals surface area contributed by atoms with Crippen LogP contribution >= 0.6 is 0 Å². The molecule has 0 aromatic carbocycles. The molecule has 34 heavy (non-hydrogen) atoms. The fourth-order valence-corrected chi connectivity index (χ4v) is 3.35. The fourth-order valence-electron chi connectivity index (χ4n) is 3.35. The highest BCUT2D eigenvalue weighted by Crippen LogP contribution is 2.32. The van der Waals surface area contributed by atoms with Gasteiger partial charge in [0.15, 0.2) is 0 Å². The van der Waals surface area contributed by atoms with Crippen LogP contribution < -0.4 is 0 Å². The molecule has 0 bridgehead atoms. The number of carboxylic acid groups (broad SMARTS) is 2. The number of aromatic nitrogens is 2. The van der Waals surface area contributed by atoms with E-state index in [1.54, 1.807) is 0 Å². The van der Waals surface area contributed by atoms with Crippen molar-refractivity contribution < 1.29 is 46.1 Å². The van der Waals surface area contributed by atoms with Crippen molar-refractivity contribution in [3.05, 3.63) is 18.0 Å². The van der Waals surface area contributed by atoms with Crippen molar-refractivity contribution in [3.8, 4) is 0 Å². The first-order valence-corrected chi connectivity index (χ1v) is 10.8. The molecule has 2 aliphatic rings. The SMILES string of the molecule is CCN(CC)CCC1CN(CC2CC2)Cc2ccnn21.O=C(O)C(F)(F)F.O=C(O)C(F)(F)F. The van der Waals surface area contributed by atoms with Gasteiger partial charge in [0, 0.05) is 32.4 Å². The van der Waals surface area contributed by atoms with E-state index in [0.717, 1.165) is 25.6 Å². The summed E-state index contributed by atoms with van der Waals surface area (Å²) in [6.45, 7) is 11.6. The maximum Gasteiger partial charge on any atom is 0.490 e. The van der Waals surface area contributed by atoms with Crippen molar-refractivity contribution in [2.24, 2.45) is 5.92 Å². The van der Waals surface area contributed by atoms with Crippen LogP contribution in [0.15, 0.2) is 12.3 Å². The van der Waals surface area contributed by atoms with Crippen molar-refractivity contribution in [2.75, 3.05) is 32.7 Å². The average molecular weight is 504 g/mol. The van der Waals surface area contributed by atoms with Crippen molar-refractivity contribution in [1.82, 2.24) is 19.6 Å². The van der Waals surface area contributed by atoms with Gasteiger partial charge >= 0.3 is 24.3 Å². The zero-order chi connectivity index (χ0) is 26.1. The van der Waals surface area contributed by atoms with Gasteiger partial charge in [-0.3, -0.25) is 9.58 Å². The Balaban J connectivity index is 0.000000343. The summed E-state index contributed by atoms with van der Waals surface area (Å²) in [5.41, 5.74) is 1.40. The monoisotopic (exact) mass is 504 g/mol. The summed E-state index contributed by atoms with van der Waals surface area (Å²) in [7, 11) is 0. The first-order valence-electron chi connectivity index (χ1n) is 10.8. The predicted molar refractivity (Wildman–Crippen MR) is 109 cm³/mol. The standard InChI is InChI=1S/C16H28N4.2C2HF3O2/c1-3-18(4-2)10-8-16-13-19(11-14-5-6-14)12-15-7-9-17-20(15)16;2*3-2(4,5)1(6)7/h7,9,14,16H,3-6,8,10-13H2,1-2H3;2*(H,6,7). The van der Waals surface area contributed by atoms with Crippen LogP contribution in [0, 0.1) is 5.92 Å². The van der Waals surface area contributed by atoms with E-state index in [-0.39, 0.29) is 0 Å². The van der Waals surface area contributed by atoms with Crippen LogP contribution in [-0.4, -0.2) is 86.8 Å². The molecule has 14 heteroatoms. The number of carboxylic acids is 2. The Morgan fingerprint density at radius 1 is 1.06 bits per heavy atom. The van der Waals surface area contributed by atoms with Gasteiger partial charge in [0.1, 0.15) is 0 Å². The van der Waals surface area contributed by atoms with Gasteiger partial charge in [-0.25, -0.2) is 9.59 Å². The molecular formula is C20H30F6N4O4. The highest BCUT2D eigenvalue weighted by atomic mass is 19.4. The lowest BCUT2D eigenvalue weighted by atomic mass is 10.1. The predicted octanol–water partition coefficient (Wildman–Crippen LogP) is 3.65. The fraction of sp³-hybridized carbons (Fsp3) is 0.750. The summed E-state index contributed by atoms with van der Waals surface area (Å²) in [6, 6.07) is 2.76. The highest BCUT2D eigenvalue weighted by molar-refractivity contribution is 5.73. The minimum atomic E-state index is -5.08. The topological polar surface area (TPSA) is 98.9 Å². The normalized spacial score (nSPS) is 18.3. The molecular weight excluding hydrogens is 474 g/mol. The molecule has 1 aromatic heterocycles. The quantitative estimate of drug-likeness (QED) is 0.547. The van der Waals surface area contributed by atoms with Gasteiger partial charge in [-0.2, -0.15) is 31.4 Å². The molecule has 1 aromatic rings. The van der Waals surface area contributed by atoms with Gasteiger partial charge in [-0.15, -0.1) is 0 Å². The van der Waals surface area contributed by atoms with Crippen LogP contribution in [0.3, 0.4) is 0 Å². The van der Waals surface area contributed by atoms with Gasteiger partial charge in [0.25, 0.3) is 0 Å². The second kappa shape index (κ2) is 12.9. The second-order valence-corrected chi connectivity index (χ2v) is 7.98. The molecule has 0 amide bonds. The van der Waals surface area contributed by atoms with E-state index in [1.807, 2.05) is 6.20 Å². The zero-order valence-corrected chi connectivity index (χ0v) is 18.9. The first kappa shape index (κ1) is 29.7. The Labute approximate surface area is 193 Å². The van der Waals surface area contributed by atoms with Crippen LogP contribution in [0.1, 0.15) is 44.8 Å². The summed E-state index contributed by atoms with van der Waals surface area (Å²) < 4.78 is 65.8. The molecule has 1 saturated carbocycles. The summed E-state index contributed by atoms with van der Waals surface area (Å²) in [4.78, 5) is 23.0. The lowest BCUT2D eigenvalue weighted by Crippen LogP contribution is -2.40. The third-order valence-electron chi connectivity index (χ3n) is 5.32. The molecule has 1 atom stereocenters. The molecule has 2 heterocycles. The molecule has 8 nitrogen and oxygen atoms in total. The van der Waals surface area contributed by atoms with Crippen LogP contribution in [0.5, 0.6) is 0 Å². The minimum absolute atomic E-state index is 0.563. The van der Waals surface area contributed by atoms with E-state index in [0.29, 0.717) is 6.04 Å². The number of halogens is 6. The van der Waals surface area contributed by atoms with Gasteiger partial charge in [0.05, 0.1) is 11.7 Å². The minimum Gasteiger partial charge on any atom is -0.475 e. The second-order valence-electron chi connectivity index (χ2n) is 7.98. The Morgan fingerprint density at radius 2 is 1.56 bits per heavy atom. The molecule has 0 spiro atoms. The van der Waals surface area contributed by atoms with Gasteiger partial charge in [-0.1, -0.05) is 13.8 Å². The molecule has 1 aliphatic heterocycles. The lowest BCUT2D eigenvalue weighted by Gasteiger charge is -2.35. The molecule has 196 valence electrons. The Hall–Kier alpha value is -2.35. The van der Waals surface area contributed by atoms with E-state index in [2.05, 4.69) is 39.5 Å². The summed E-state index contributed by atoms with van der Waals surface area (Å²) in [5, 5.41) is 18.8. The molecule has 2 N–H and O–H groups in total. The number of nitrogens with zero attached hydrogens (tertiary/aromatic N) is 4. The highest BCUT2D eigenvalue weighted by Gasteiger charge is 2.39. The van der Waals surface area contributed by atoms with Crippen molar-refractivity contribution in [2.45, 2.75) is 58.0 Å². The number of carbonyl (C=O) groups is 2. The average Bonchev–Trinajstić information content (AvgIpc) is 3.41. The number of aliphatic carboxylic acids is 2. The summed E-state index contributed by atoms with van der Waals surface area (Å²) in [6.07, 6.45) is -4.09. The van der Waals surface area contributed by atoms with E-state index in [4.69, 9.17) is 19.8 Å². The smallest absolute Gasteiger partial charge is 0.475 e. The van der Waals surface area contributed by atoms with E-state index < -0.39 is 24.3 Å². The van der Waals surface area contributed by atoms with Gasteiger partial charge in [-0.05, 0) is 44.3 Å². The zero-order valence-electron chi connectivity index (χ0n) is 18.9. The largest absolute Gasteiger partial charge is 0.490 e. The maximum atomic E-state index is 10.6. The number of alkyl halides is 6. The van der Waals surface area contributed by atoms with Crippen molar-refractivity contribution >= 4 is 11.9 Å². The van der Waals surface area contributed by atoms with E-state index >= 15 is 0 Å². The number of hydrogen-bond acceptors (Lipinski definition) is 5. The lowest BCUT2D eigenvalue weighted by molar-refractivity contribution is -0.193. The molecule has 1 fully saturated rings. The first-order chi connectivity index (χ1) is 15.7. The Kier molecular flexibility index (Phi) is 11.3. The van der Waals surface area contributed by atoms with Crippen LogP contribution in [0.2, 0.25) is 0 Å². The van der Waals surface area contributed by atoms with Crippen LogP contribution in [-0.2, 0) is 16.1 Å². The number of fused-ring (bicyclic) bond motifs is 1. The Morgan fingerprint density at radius 3 is 1.97 bits per heavy atom. The summed E-state index contributed by atoms with van der Waals surface area (Å²) in [5.74, 6) is -4.53. The number of hydrogen-bond donors (Lipinski definition) is 2. The van der Waals surface area contributed by atoms with Crippen LogP contribution in [0.25, 0.3) is 0 Å². The molecule has 0 saturated heterocycles. The Bertz CT molecular complexity index is 752. The van der Waals surface area contributed by atoms with E-state index in [1.165, 1.54) is 44.6 Å². The molecule has 1 unspecified atom stereocenters. The van der Waals surface area contributed by atoms with Crippen molar-refractivity contribution in [3.63, 3.8) is 0 Å².